The molecular weight excluding hydrogens is 715 g/mol. The second-order valence-electron chi connectivity index (χ2n) is 11.5. The topological polar surface area (TPSA) is 138 Å². The summed E-state index contributed by atoms with van der Waals surface area (Å²) in [6, 6.07) is 33.3. The molecule has 0 bridgehead atoms. The molecule has 7 aromatic rings. The first-order chi connectivity index (χ1) is 23.6. The number of nitrogens with one attached hydrogen (secondary N) is 2. The van der Waals surface area contributed by atoms with E-state index in [1.165, 1.54) is 5.69 Å². The Bertz CT molecular complexity index is 2110. The van der Waals surface area contributed by atoms with Crippen molar-refractivity contribution in [2.75, 3.05) is 0 Å². The number of aliphatic hydroxyl groups excluding tert-OH is 1. The third kappa shape index (κ3) is 6.40. The maximum absolute atomic E-state index is 10.8. The van der Waals surface area contributed by atoms with E-state index in [0.717, 1.165) is 73.3 Å². The van der Waals surface area contributed by atoms with Crippen LogP contribution in [0, 0.1) is 3.70 Å². The first-order valence-electron chi connectivity index (χ1n) is 15.9. The average Bonchev–Trinajstić information content (AvgIpc) is 3.91. The predicted molar refractivity (Wildman–Crippen MR) is 190 cm³/mol. The molecule has 3 heterocycles. The third-order valence-electron chi connectivity index (χ3n) is 8.57. The summed E-state index contributed by atoms with van der Waals surface area (Å²) in [6.07, 6.45) is 3.11. The maximum Gasteiger partial charge on any atom is 0.284 e. The highest BCUT2D eigenvalue weighted by Gasteiger charge is 2.29. The quantitative estimate of drug-likeness (QED) is 0.103. The highest BCUT2D eigenvalue weighted by Crippen LogP contribution is 2.31. The number of aromatic amines is 2. The molecule has 0 aliphatic heterocycles. The monoisotopic (exact) mass is 749 g/mol. The second kappa shape index (κ2) is 14.4. The van der Waals surface area contributed by atoms with E-state index in [1.54, 1.807) is 0 Å². The number of halogens is 1. The summed E-state index contributed by atoms with van der Waals surface area (Å²) in [5.74, 6) is 2.03. The summed E-state index contributed by atoms with van der Waals surface area (Å²) in [7, 11) is 0. The van der Waals surface area contributed by atoms with Gasteiger partial charge >= 0.3 is 0 Å². The molecule has 0 fully saturated rings. The van der Waals surface area contributed by atoms with Gasteiger partial charge in [0.05, 0.1) is 0 Å². The van der Waals surface area contributed by atoms with Crippen LogP contribution >= 0.6 is 22.6 Å². The van der Waals surface area contributed by atoms with Gasteiger partial charge in [0.2, 0.25) is 15.3 Å². The fourth-order valence-electron chi connectivity index (χ4n) is 6.14. The molecule has 0 unspecified atom stereocenters. The molecule has 4 aromatic carbocycles. The lowest BCUT2D eigenvalue weighted by Gasteiger charge is -2.09. The zero-order valence-corrected chi connectivity index (χ0v) is 28.5. The van der Waals surface area contributed by atoms with Gasteiger partial charge in [0.1, 0.15) is 19.7 Å². The Kier molecular flexibility index (Phi) is 9.43. The van der Waals surface area contributed by atoms with E-state index >= 15 is 0 Å². The minimum Gasteiger partial charge on any atom is -0.384 e. The molecule has 0 atom stereocenters. The van der Waals surface area contributed by atoms with E-state index in [4.69, 9.17) is 0 Å². The van der Waals surface area contributed by atoms with Crippen LogP contribution in [0.5, 0.6) is 0 Å². The molecule has 0 amide bonds. The van der Waals surface area contributed by atoms with Crippen LogP contribution in [0.1, 0.15) is 42.4 Å². The minimum absolute atomic E-state index is 0.0611. The van der Waals surface area contributed by atoms with Gasteiger partial charge in [-0.05, 0) is 50.2 Å². The molecule has 0 aliphatic carbocycles. The number of rotatable bonds is 12. The lowest BCUT2D eigenvalue weighted by atomic mass is 9.98. The molecule has 0 radical (unpaired) electrons. The molecule has 7 rings (SSSR count). The summed E-state index contributed by atoms with van der Waals surface area (Å²) in [6.45, 7) is 3.47. The number of tetrazole rings is 2. The number of imidazole rings is 1. The molecule has 0 spiro atoms. The van der Waals surface area contributed by atoms with Crippen LogP contribution in [-0.2, 0) is 26.1 Å². The smallest absolute Gasteiger partial charge is 0.284 e. The Morgan fingerprint density at radius 1 is 0.708 bits per heavy atom. The van der Waals surface area contributed by atoms with Gasteiger partial charge in [-0.15, -0.1) is 20.4 Å². The van der Waals surface area contributed by atoms with E-state index in [0.29, 0.717) is 24.7 Å². The number of hydrogen-bond donors (Lipinski definition) is 3. The average molecular weight is 750 g/mol. The maximum atomic E-state index is 10.8. The lowest BCUT2D eigenvalue weighted by Crippen LogP contribution is -2.41. The van der Waals surface area contributed by atoms with Crippen LogP contribution in [0.3, 0.4) is 0 Å². The summed E-state index contributed by atoms with van der Waals surface area (Å²) in [5.41, 5.74) is 9.64. The largest absolute Gasteiger partial charge is 0.384 e. The molecular formula is C36H34IN10O+. The van der Waals surface area contributed by atoms with E-state index in [1.807, 2.05) is 36.4 Å². The summed E-state index contributed by atoms with van der Waals surface area (Å²) in [4.78, 5) is 0. The van der Waals surface area contributed by atoms with Crippen LogP contribution in [0.4, 0.5) is 0 Å². The van der Waals surface area contributed by atoms with E-state index < -0.39 is 0 Å². The van der Waals surface area contributed by atoms with Crippen molar-refractivity contribution in [2.24, 2.45) is 0 Å². The SMILES string of the molecule is CCCCc1c(I)[n+](Cc2ccc(-c3ccccc3-c3nn[nH]n3)cc2)c(CO)n1Cc1ccc(-c2ccccc2-c2nn[nH]n2)cc1. The third-order valence-corrected chi connectivity index (χ3v) is 9.78. The molecule has 3 aromatic heterocycles. The van der Waals surface area contributed by atoms with Crippen LogP contribution in [0.2, 0.25) is 0 Å². The summed E-state index contributed by atoms with van der Waals surface area (Å²) in [5, 5.41) is 40.1. The molecule has 0 saturated heterocycles. The van der Waals surface area contributed by atoms with Crippen LogP contribution in [0.25, 0.3) is 45.0 Å². The zero-order chi connectivity index (χ0) is 32.9. The van der Waals surface area contributed by atoms with Crippen LogP contribution in [-0.4, -0.2) is 50.9 Å². The number of H-pyrrole nitrogens is 2. The van der Waals surface area contributed by atoms with Crippen molar-refractivity contribution < 1.29 is 9.67 Å². The summed E-state index contributed by atoms with van der Waals surface area (Å²) < 4.78 is 5.71. The number of aromatic nitrogens is 10. The van der Waals surface area contributed by atoms with Crippen molar-refractivity contribution >= 4 is 22.6 Å². The molecule has 12 heteroatoms. The van der Waals surface area contributed by atoms with Crippen molar-refractivity contribution in [1.82, 2.24) is 45.8 Å². The Morgan fingerprint density at radius 2 is 1.23 bits per heavy atom. The fraction of sp³-hybridized carbons (Fsp3) is 0.194. The van der Waals surface area contributed by atoms with Gasteiger partial charge in [0, 0.05) is 40.1 Å². The van der Waals surface area contributed by atoms with Crippen molar-refractivity contribution in [3.63, 3.8) is 0 Å². The predicted octanol–water partition coefficient (Wildman–Crippen LogP) is 6.01. The van der Waals surface area contributed by atoms with Gasteiger partial charge < -0.3 is 5.11 Å². The molecule has 0 saturated carbocycles. The second-order valence-corrected chi connectivity index (χ2v) is 12.6. The van der Waals surface area contributed by atoms with Gasteiger partial charge in [-0.25, -0.2) is 9.13 Å². The van der Waals surface area contributed by atoms with Crippen molar-refractivity contribution in [3.05, 3.63) is 123 Å². The van der Waals surface area contributed by atoms with Crippen LogP contribution < -0.4 is 4.57 Å². The first-order valence-corrected chi connectivity index (χ1v) is 17.0. The standard InChI is InChI=1S/C36H34IN10O/c1-2-3-12-32-34(37)47(22-25-15-19-27(20-16-25)29-9-5-7-11-31(29)36-40-44-45-41-36)33(23-48)46(32)21-24-13-17-26(18-14-24)28-8-4-6-10-30(28)35-38-42-43-39-35/h4-11,13-20,48H,2-3,12,21-23H2,1H3,(H,38,39,42,43)(H,40,41,44,45)/q+1. The van der Waals surface area contributed by atoms with E-state index in [9.17, 15) is 5.11 Å². The number of benzene rings is 4. The van der Waals surface area contributed by atoms with Crippen molar-refractivity contribution in [2.45, 2.75) is 45.9 Å². The molecule has 3 N–H and O–H groups in total. The molecule has 48 heavy (non-hydrogen) atoms. The van der Waals surface area contributed by atoms with Gasteiger partial charge in [0.25, 0.3) is 5.82 Å². The first kappa shape index (κ1) is 31.5. The van der Waals surface area contributed by atoms with Gasteiger partial charge in [-0.3, -0.25) is 0 Å². The van der Waals surface area contributed by atoms with Gasteiger partial charge in [-0.1, -0.05) is 110 Å². The van der Waals surface area contributed by atoms with Crippen molar-refractivity contribution in [3.8, 4) is 45.0 Å². The number of hydrogen-bond acceptors (Lipinski definition) is 7. The molecule has 11 nitrogen and oxygen atoms in total. The number of nitrogens with zero attached hydrogens (tertiary/aromatic N) is 8. The normalized spacial score (nSPS) is 11.3. The lowest BCUT2D eigenvalue weighted by molar-refractivity contribution is -0.709. The highest BCUT2D eigenvalue weighted by molar-refractivity contribution is 14.1. The fourth-order valence-corrected chi connectivity index (χ4v) is 7.15. The Morgan fingerprint density at radius 3 is 1.71 bits per heavy atom. The Labute approximate surface area is 291 Å². The van der Waals surface area contributed by atoms with Gasteiger partial charge in [0.15, 0.2) is 5.69 Å². The van der Waals surface area contributed by atoms with Crippen molar-refractivity contribution in [1.29, 1.82) is 0 Å². The van der Waals surface area contributed by atoms with E-state index in [-0.39, 0.29) is 6.61 Å². The zero-order valence-electron chi connectivity index (χ0n) is 26.4. The Balaban J connectivity index is 1.17. The number of unbranched alkanes of at least 4 members (excludes halogenated alkanes) is 1. The Hall–Kier alpha value is -5.08. The highest BCUT2D eigenvalue weighted by atomic mass is 127. The van der Waals surface area contributed by atoms with E-state index in [2.05, 4.69) is 141 Å². The number of aliphatic hydroxyl groups is 1. The minimum atomic E-state index is -0.0611. The molecule has 240 valence electrons. The van der Waals surface area contributed by atoms with Gasteiger partial charge in [-0.2, -0.15) is 10.4 Å². The van der Waals surface area contributed by atoms with Crippen LogP contribution in [0.15, 0.2) is 97.1 Å². The summed E-state index contributed by atoms with van der Waals surface area (Å²) >= 11 is 2.46. The molecule has 0 aliphatic rings.